The first kappa shape index (κ1) is 23.4. The number of ether oxygens (including phenoxy) is 2. The third-order valence-electron chi connectivity index (χ3n) is 7.31. The second-order valence-electron chi connectivity index (χ2n) is 9.17. The molecular formula is C20H26F6O4. The Morgan fingerprint density at radius 2 is 1.70 bits per heavy atom. The van der Waals surface area contributed by atoms with E-state index in [9.17, 15) is 36.2 Å². The zero-order valence-corrected chi connectivity index (χ0v) is 16.8. The van der Waals surface area contributed by atoms with E-state index in [1.807, 2.05) is 0 Å². The van der Waals surface area contributed by atoms with Crippen molar-refractivity contribution in [1.29, 1.82) is 0 Å². The van der Waals surface area contributed by atoms with E-state index in [0.717, 1.165) is 6.42 Å². The first-order valence-electron chi connectivity index (χ1n) is 9.96. The maximum absolute atomic E-state index is 13.1. The predicted octanol–water partition coefficient (Wildman–Crippen LogP) is 4.56. The molecule has 172 valence electrons. The molecule has 30 heavy (non-hydrogen) atoms. The zero-order chi connectivity index (χ0) is 22.7. The minimum Gasteiger partial charge on any atom is -0.459 e. The summed E-state index contributed by atoms with van der Waals surface area (Å²) in [6, 6.07) is 0. The van der Waals surface area contributed by atoms with Gasteiger partial charge in [-0.25, -0.2) is 4.79 Å². The van der Waals surface area contributed by atoms with Crippen molar-refractivity contribution in [2.24, 2.45) is 23.7 Å². The standard InChI is InChI=1S/C20H26F6O4/c1-10(2)16(27)30-15-8-12-6-11-4-5-13(15)14(7-11)17(12,3)29-9-18(28,19(21,22)23)20(24,25)26/h11-15,28H,1,4-9H2,2-3H3. The molecular weight excluding hydrogens is 418 g/mol. The van der Waals surface area contributed by atoms with E-state index in [2.05, 4.69) is 6.58 Å². The maximum Gasteiger partial charge on any atom is 0.428 e. The number of carbonyl (C=O) groups is 1. The van der Waals surface area contributed by atoms with Crippen molar-refractivity contribution in [2.75, 3.05) is 6.61 Å². The van der Waals surface area contributed by atoms with Gasteiger partial charge in [-0.3, -0.25) is 0 Å². The summed E-state index contributed by atoms with van der Waals surface area (Å²) < 4.78 is 89.4. The molecule has 0 aromatic heterocycles. The molecule has 6 unspecified atom stereocenters. The number of aliphatic hydroxyl groups is 1. The molecule has 0 heterocycles. The SMILES string of the molecule is C=C(C)C(=O)OC1CC2CC3CCC1C(C3)C2(C)OCC(O)(C(F)(F)F)C(F)(F)F. The highest BCUT2D eigenvalue weighted by molar-refractivity contribution is 5.87. The fraction of sp³-hybridized carbons (Fsp3) is 0.850. The van der Waals surface area contributed by atoms with Crippen LogP contribution in [0.3, 0.4) is 0 Å². The molecule has 0 radical (unpaired) electrons. The molecule has 3 bridgehead atoms. The summed E-state index contributed by atoms with van der Waals surface area (Å²) in [5.74, 6) is -1.22. The largest absolute Gasteiger partial charge is 0.459 e. The van der Waals surface area contributed by atoms with Crippen LogP contribution in [0.5, 0.6) is 0 Å². The van der Waals surface area contributed by atoms with Gasteiger partial charge in [0, 0.05) is 11.5 Å². The van der Waals surface area contributed by atoms with Crippen molar-refractivity contribution in [2.45, 2.75) is 75.6 Å². The summed E-state index contributed by atoms with van der Waals surface area (Å²) in [7, 11) is 0. The van der Waals surface area contributed by atoms with Gasteiger partial charge in [0.2, 0.25) is 0 Å². The molecule has 0 aliphatic heterocycles. The Bertz CT molecular complexity index is 686. The van der Waals surface area contributed by atoms with Gasteiger partial charge in [0.1, 0.15) is 6.10 Å². The summed E-state index contributed by atoms with van der Waals surface area (Å²) in [6.45, 7) is 4.66. The van der Waals surface area contributed by atoms with Crippen molar-refractivity contribution in [3.05, 3.63) is 12.2 Å². The maximum atomic E-state index is 13.1. The summed E-state index contributed by atoms with van der Waals surface area (Å²) in [5, 5.41) is 9.50. The zero-order valence-electron chi connectivity index (χ0n) is 16.8. The minimum atomic E-state index is -5.93. The Morgan fingerprint density at radius 3 is 2.23 bits per heavy atom. The number of carbonyl (C=O) groups excluding carboxylic acids is 1. The first-order valence-corrected chi connectivity index (χ1v) is 9.96. The van der Waals surface area contributed by atoms with Crippen LogP contribution in [0, 0.1) is 23.7 Å². The number of alkyl halides is 6. The average molecular weight is 444 g/mol. The molecule has 0 amide bonds. The van der Waals surface area contributed by atoms with E-state index in [4.69, 9.17) is 9.47 Å². The highest BCUT2D eigenvalue weighted by atomic mass is 19.4. The van der Waals surface area contributed by atoms with Crippen LogP contribution in [-0.2, 0) is 14.3 Å². The topological polar surface area (TPSA) is 55.8 Å². The molecule has 3 fully saturated rings. The number of hydrogen-bond donors (Lipinski definition) is 1. The van der Waals surface area contributed by atoms with E-state index < -0.39 is 42.2 Å². The monoisotopic (exact) mass is 444 g/mol. The molecule has 0 aromatic rings. The molecule has 0 saturated heterocycles. The van der Waals surface area contributed by atoms with Crippen LogP contribution in [0.15, 0.2) is 12.2 Å². The highest BCUT2D eigenvalue weighted by Crippen LogP contribution is 2.59. The van der Waals surface area contributed by atoms with Crippen LogP contribution in [0.4, 0.5) is 26.3 Å². The molecule has 0 spiro atoms. The lowest BCUT2D eigenvalue weighted by molar-refractivity contribution is -0.388. The van der Waals surface area contributed by atoms with Crippen LogP contribution in [0.1, 0.15) is 46.0 Å². The Labute approximate surface area is 170 Å². The smallest absolute Gasteiger partial charge is 0.428 e. The van der Waals surface area contributed by atoms with Crippen LogP contribution in [0.2, 0.25) is 0 Å². The van der Waals surface area contributed by atoms with Gasteiger partial charge in [-0.1, -0.05) is 13.0 Å². The van der Waals surface area contributed by atoms with E-state index in [-0.39, 0.29) is 23.3 Å². The molecule has 10 heteroatoms. The Kier molecular flexibility index (Phi) is 5.76. The lowest BCUT2D eigenvalue weighted by Crippen LogP contribution is -2.65. The normalized spacial score (nSPS) is 36.5. The quantitative estimate of drug-likeness (QED) is 0.384. The van der Waals surface area contributed by atoms with Crippen LogP contribution in [0.25, 0.3) is 0 Å². The second kappa shape index (κ2) is 7.39. The number of hydrogen-bond acceptors (Lipinski definition) is 4. The third-order valence-corrected chi connectivity index (χ3v) is 7.31. The summed E-state index contributed by atoms with van der Waals surface area (Å²) in [4.78, 5) is 12.0. The molecule has 4 nitrogen and oxygen atoms in total. The van der Waals surface area contributed by atoms with Crippen LogP contribution >= 0.6 is 0 Å². The van der Waals surface area contributed by atoms with E-state index in [1.165, 1.54) is 13.8 Å². The van der Waals surface area contributed by atoms with Crippen molar-refractivity contribution >= 4 is 5.97 Å². The van der Waals surface area contributed by atoms with Gasteiger partial charge in [0.25, 0.3) is 5.60 Å². The molecule has 3 aliphatic rings. The number of esters is 1. The Balaban J connectivity index is 1.84. The van der Waals surface area contributed by atoms with E-state index >= 15 is 0 Å². The first-order chi connectivity index (χ1) is 13.6. The lowest BCUT2D eigenvalue weighted by Gasteiger charge is -2.61. The molecule has 1 N–H and O–H groups in total. The van der Waals surface area contributed by atoms with Gasteiger partial charge >= 0.3 is 18.3 Å². The van der Waals surface area contributed by atoms with Crippen molar-refractivity contribution in [3.63, 3.8) is 0 Å². The van der Waals surface area contributed by atoms with E-state index in [0.29, 0.717) is 31.6 Å². The molecule has 6 atom stereocenters. The van der Waals surface area contributed by atoms with Gasteiger partial charge < -0.3 is 14.6 Å². The number of rotatable bonds is 5. The third kappa shape index (κ3) is 3.74. The summed E-state index contributed by atoms with van der Waals surface area (Å²) in [6.07, 6.45) is -9.38. The minimum absolute atomic E-state index is 0.221. The Morgan fingerprint density at radius 1 is 1.10 bits per heavy atom. The van der Waals surface area contributed by atoms with Crippen molar-refractivity contribution in [1.82, 2.24) is 0 Å². The van der Waals surface area contributed by atoms with Gasteiger partial charge in [0.15, 0.2) is 0 Å². The molecule has 0 aromatic carbocycles. The summed E-state index contributed by atoms with van der Waals surface area (Å²) >= 11 is 0. The molecule has 3 saturated carbocycles. The molecule has 3 rings (SSSR count). The van der Waals surface area contributed by atoms with Gasteiger partial charge in [-0.15, -0.1) is 0 Å². The van der Waals surface area contributed by atoms with Gasteiger partial charge in [-0.05, 0) is 57.3 Å². The average Bonchev–Trinajstić information content (AvgIpc) is 2.59. The number of fused-ring (bicyclic) bond motifs is 2. The predicted molar refractivity (Wildman–Crippen MR) is 93.2 cm³/mol. The summed E-state index contributed by atoms with van der Waals surface area (Å²) in [5.41, 5.74) is -6.00. The van der Waals surface area contributed by atoms with Crippen molar-refractivity contribution < 1.29 is 45.7 Å². The van der Waals surface area contributed by atoms with Crippen LogP contribution < -0.4 is 0 Å². The second-order valence-corrected chi connectivity index (χ2v) is 9.17. The van der Waals surface area contributed by atoms with Crippen molar-refractivity contribution in [3.8, 4) is 0 Å². The Hall–Kier alpha value is -1.29. The fourth-order valence-electron chi connectivity index (χ4n) is 5.51. The van der Waals surface area contributed by atoms with E-state index in [1.54, 1.807) is 0 Å². The highest BCUT2D eigenvalue weighted by Gasteiger charge is 2.72. The lowest BCUT2D eigenvalue weighted by atomic mass is 9.50. The molecule has 3 aliphatic carbocycles. The van der Waals surface area contributed by atoms with Crippen LogP contribution in [-0.4, -0.2) is 47.3 Å². The van der Waals surface area contributed by atoms with Gasteiger partial charge in [0.05, 0.1) is 12.2 Å². The van der Waals surface area contributed by atoms with Gasteiger partial charge in [-0.2, -0.15) is 26.3 Å². The number of halogens is 6. The fourth-order valence-corrected chi connectivity index (χ4v) is 5.51.